The lowest BCUT2D eigenvalue weighted by Crippen LogP contribution is -2.16. The minimum absolute atomic E-state index is 0.0725. The van der Waals surface area contributed by atoms with Gasteiger partial charge in [-0.3, -0.25) is 4.79 Å². The molecule has 0 atom stereocenters. The molecule has 3 rings (SSSR count). The van der Waals surface area contributed by atoms with Crippen molar-refractivity contribution in [1.29, 1.82) is 0 Å². The number of thioether (sulfide) groups is 1. The van der Waals surface area contributed by atoms with E-state index in [9.17, 15) is 22.4 Å². The molecule has 0 radical (unpaired) electrons. The number of hydrogen-bond donors (Lipinski definition) is 1. The smallest absolute Gasteiger partial charge is 0.355 e. The number of nitrogens with zero attached hydrogens (tertiary/aromatic N) is 1. The average Bonchev–Trinajstić information content (AvgIpc) is 3.27. The molecule has 0 bridgehead atoms. The summed E-state index contributed by atoms with van der Waals surface area (Å²) in [5.74, 6) is -0.626. The normalized spacial score (nSPS) is 11.6. The van der Waals surface area contributed by atoms with Crippen molar-refractivity contribution in [2.45, 2.75) is 11.9 Å². The standard InChI is InChI=1S/C17H12F4N2O2S2/c18-12-4-3-10(17(19,20)21)6-13(12)22-16(24)9-26-8-11-7-14(25-23-11)15-2-1-5-27-15/h1-7H,8-9H2,(H,22,24). The number of anilines is 1. The molecular weight excluding hydrogens is 404 g/mol. The Morgan fingerprint density at radius 3 is 2.78 bits per heavy atom. The summed E-state index contributed by atoms with van der Waals surface area (Å²) < 4.78 is 56.9. The lowest BCUT2D eigenvalue weighted by Gasteiger charge is -2.10. The van der Waals surface area contributed by atoms with E-state index in [1.54, 1.807) is 6.07 Å². The summed E-state index contributed by atoms with van der Waals surface area (Å²) in [4.78, 5) is 12.8. The molecule has 0 spiro atoms. The summed E-state index contributed by atoms with van der Waals surface area (Å²) in [5, 5.41) is 7.97. The zero-order valence-electron chi connectivity index (χ0n) is 13.5. The van der Waals surface area contributed by atoms with E-state index in [1.165, 1.54) is 23.1 Å². The monoisotopic (exact) mass is 416 g/mol. The van der Waals surface area contributed by atoms with E-state index in [1.807, 2.05) is 17.5 Å². The van der Waals surface area contributed by atoms with E-state index >= 15 is 0 Å². The largest absolute Gasteiger partial charge is 0.416 e. The predicted octanol–water partition coefficient (Wildman–Crippen LogP) is 5.43. The molecule has 0 aliphatic heterocycles. The summed E-state index contributed by atoms with van der Waals surface area (Å²) in [5.41, 5.74) is -0.908. The zero-order chi connectivity index (χ0) is 19.4. The number of benzene rings is 1. The van der Waals surface area contributed by atoms with Crippen molar-refractivity contribution < 1.29 is 26.9 Å². The van der Waals surface area contributed by atoms with E-state index in [0.717, 1.165) is 4.88 Å². The number of aromatic nitrogens is 1. The van der Waals surface area contributed by atoms with Crippen LogP contribution < -0.4 is 5.32 Å². The van der Waals surface area contributed by atoms with Gasteiger partial charge in [-0.15, -0.1) is 23.1 Å². The van der Waals surface area contributed by atoms with Crippen LogP contribution in [0.4, 0.5) is 23.2 Å². The van der Waals surface area contributed by atoms with Crippen LogP contribution in [-0.2, 0) is 16.7 Å². The van der Waals surface area contributed by atoms with Gasteiger partial charge in [0.25, 0.3) is 0 Å². The average molecular weight is 416 g/mol. The number of thiophene rings is 1. The summed E-state index contributed by atoms with van der Waals surface area (Å²) in [6.07, 6.45) is -4.62. The molecule has 10 heteroatoms. The molecule has 1 N–H and O–H groups in total. The second-order valence-corrected chi connectivity index (χ2v) is 7.33. The van der Waals surface area contributed by atoms with E-state index < -0.39 is 29.2 Å². The fourth-order valence-electron chi connectivity index (χ4n) is 2.15. The van der Waals surface area contributed by atoms with Crippen molar-refractivity contribution in [3.8, 4) is 10.6 Å². The zero-order valence-corrected chi connectivity index (χ0v) is 15.2. The van der Waals surface area contributed by atoms with Gasteiger partial charge < -0.3 is 9.84 Å². The minimum Gasteiger partial charge on any atom is -0.355 e. The first-order valence-electron chi connectivity index (χ1n) is 7.57. The van der Waals surface area contributed by atoms with Crippen LogP contribution >= 0.6 is 23.1 Å². The molecule has 142 valence electrons. The number of carbonyl (C=O) groups excluding carboxylic acids is 1. The van der Waals surface area contributed by atoms with Gasteiger partial charge in [-0.25, -0.2) is 4.39 Å². The van der Waals surface area contributed by atoms with Crippen LogP contribution in [0.25, 0.3) is 10.6 Å². The lowest BCUT2D eigenvalue weighted by molar-refractivity contribution is -0.137. The van der Waals surface area contributed by atoms with Crippen LogP contribution in [0.1, 0.15) is 11.3 Å². The Morgan fingerprint density at radius 2 is 2.07 bits per heavy atom. The molecule has 0 fully saturated rings. The Bertz CT molecular complexity index is 923. The van der Waals surface area contributed by atoms with Crippen molar-refractivity contribution in [2.24, 2.45) is 0 Å². The van der Waals surface area contributed by atoms with Crippen LogP contribution in [-0.4, -0.2) is 16.8 Å². The molecule has 0 aliphatic carbocycles. The molecule has 1 aromatic carbocycles. The van der Waals surface area contributed by atoms with Gasteiger partial charge in [0.05, 0.1) is 27.6 Å². The molecule has 3 aromatic rings. The molecule has 4 nitrogen and oxygen atoms in total. The van der Waals surface area contributed by atoms with Gasteiger partial charge in [0.1, 0.15) is 5.82 Å². The molecule has 0 unspecified atom stereocenters. The Labute approximate surface area is 159 Å². The first-order valence-corrected chi connectivity index (χ1v) is 9.60. The number of carbonyl (C=O) groups is 1. The van der Waals surface area contributed by atoms with Gasteiger partial charge in [-0.2, -0.15) is 13.2 Å². The highest BCUT2D eigenvalue weighted by atomic mass is 32.2. The maximum atomic E-state index is 13.6. The highest BCUT2D eigenvalue weighted by molar-refractivity contribution is 7.99. The lowest BCUT2D eigenvalue weighted by atomic mass is 10.2. The summed E-state index contributed by atoms with van der Waals surface area (Å²) in [6.45, 7) is 0. The van der Waals surface area contributed by atoms with E-state index in [-0.39, 0.29) is 5.75 Å². The fourth-order valence-corrected chi connectivity index (χ4v) is 3.52. The first kappa shape index (κ1) is 19.4. The van der Waals surface area contributed by atoms with Gasteiger partial charge in [0.15, 0.2) is 5.76 Å². The van der Waals surface area contributed by atoms with E-state index in [2.05, 4.69) is 10.5 Å². The second kappa shape index (κ2) is 8.13. The highest BCUT2D eigenvalue weighted by Crippen LogP contribution is 2.32. The topological polar surface area (TPSA) is 55.1 Å². The highest BCUT2D eigenvalue weighted by Gasteiger charge is 2.31. The Morgan fingerprint density at radius 1 is 1.26 bits per heavy atom. The van der Waals surface area contributed by atoms with E-state index in [0.29, 0.717) is 35.4 Å². The number of hydrogen-bond acceptors (Lipinski definition) is 5. The van der Waals surface area contributed by atoms with Crippen molar-refractivity contribution in [3.63, 3.8) is 0 Å². The number of nitrogens with one attached hydrogen (secondary N) is 1. The number of rotatable bonds is 6. The summed E-state index contributed by atoms with van der Waals surface area (Å²) in [7, 11) is 0. The molecule has 2 aromatic heterocycles. The van der Waals surface area contributed by atoms with Crippen molar-refractivity contribution in [3.05, 3.63) is 58.9 Å². The quantitative estimate of drug-likeness (QED) is 0.544. The van der Waals surface area contributed by atoms with Crippen LogP contribution in [0.5, 0.6) is 0 Å². The minimum atomic E-state index is -4.62. The van der Waals surface area contributed by atoms with Crippen LogP contribution in [0.3, 0.4) is 0 Å². The molecule has 0 saturated carbocycles. The van der Waals surface area contributed by atoms with Gasteiger partial charge in [-0.05, 0) is 29.6 Å². The van der Waals surface area contributed by atoms with E-state index in [4.69, 9.17) is 4.52 Å². The Hall–Kier alpha value is -2.33. The Balaban J connectivity index is 1.53. The van der Waals surface area contributed by atoms with Crippen molar-refractivity contribution in [1.82, 2.24) is 5.16 Å². The van der Waals surface area contributed by atoms with Crippen LogP contribution in [0, 0.1) is 5.82 Å². The number of alkyl halides is 3. The number of amides is 1. The second-order valence-electron chi connectivity index (χ2n) is 5.39. The summed E-state index contributed by atoms with van der Waals surface area (Å²) >= 11 is 2.69. The molecular formula is C17H12F4N2O2S2. The molecule has 27 heavy (non-hydrogen) atoms. The Kier molecular flexibility index (Phi) is 5.85. The van der Waals surface area contributed by atoms with Crippen LogP contribution in [0.2, 0.25) is 0 Å². The third-order valence-electron chi connectivity index (χ3n) is 3.37. The maximum absolute atomic E-state index is 13.6. The van der Waals surface area contributed by atoms with Gasteiger partial charge in [0.2, 0.25) is 5.91 Å². The third-order valence-corrected chi connectivity index (χ3v) is 5.22. The first-order chi connectivity index (χ1) is 12.8. The van der Waals surface area contributed by atoms with Gasteiger partial charge in [-0.1, -0.05) is 11.2 Å². The SMILES string of the molecule is O=C(CSCc1cc(-c2cccs2)on1)Nc1cc(C(F)(F)F)ccc1F. The predicted molar refractivity (Wildman–Crippen MR) is 96.0 cm³/mol. The van der Waals surface area contributed by atoms with Gasteiger partial charge >= 0.3 is 6.18 Å². The molecule has 1 amide bonds. The third kappa shape index (κ3) is 5.10. The maximum Gasteiger partial charge on any atom is 0.416 e. The van der Waals surface area contributed by atoms with Crippen LogP contribution in [0.15, 0.2) is 46.3 Å². The fraction of sp³-hybridized carbons (Fsp3) is 0.176. The van der Waals surface area contributed by atoms with Crippen molar-refractivity contribution >= 4 is 34.7 Å². The number of halogens is 4. The summed E-state index contributed by atoms with van der Waals surface area (Å²) in [6, 6.07) is 7.39. The van der Waals surface area contributed by atoms with Crippen molar-refractivity contribution in [2.75, 3.05) is 11.1 Å². The molecule has 0 aliphatic rings. The molecule has 0 saturated heterocycles. The van der Waals surface area contributed by atoms with Gasteiger partial charge in [0, 0.05) is 11.8 Å². The molecule has 2 heterocycles.